The van der Waals surface area contributed by atoms with Crippen molar-refractivity contribution in [1.29, 1.82) is 0 Å². The minimum absolute atomic E-state index is 0.861. The maximum Gasteiger partial charge on any atom is 0.126 e. The number of hydrazine groups is 2. The number of hydrogen-bond donors (Lipinski definition) is 2. The number of nitrogens with zero attached hydrogens (tertiary/aromatic N) is 2. The second-order valence-corrected chi connectivity index (χ2v) is 1.49. The van der Waals surface area contributed by atoms with Gasteiger partial charge in [-0.15, -0.1) is 5.12 Å². The molecule has 0 atom stereocenters. The summed E-state index contributed by atoms with van der Waals surface area (Å²) in [5.41, 5.74) is 5.56. The highest BCUT2D eigenvalue weighted by molar-refractivity contribution is 5.54. The Labute approximate surface area is 48.5 Å². The van der Waals surface area contributed by atoms with E-state index in [0.29, 0.717) is 0 Å². The summed E-state index contributed by atoms with van der Waals surface area (Å²) in [5, 5.41) is 5.45. The molecule has 1 aliphatic heterocycles. The molecule has 1 heterocycles. The van der Waals surface area contributed by atoms with E-state index in [0.717, 1.165) is 13.0 Å². The first-order valence-electron chi connectivity index (χ1n) is 2.53. The van der Waals surface area contributed by atoms with Crippen molar-refractivity contribution in [2.45, 2.75) is 6.42 Å². The molecule has 0 saturated heterocycles. The topological polar surface area (TPSA) is 39.7 Å². The van der Waals surface area contributed by atoms with E-state index in [1.54, 1.807) is 11.5 Å². The zero-order chi connectivity index (χ0) is 5.82. The molecule has 8 heavy (non-hydrogen) atoms. The first-order valence-corrected chi connectivity index (χ1v) is 2.53. The van der Waals surface area contributed by atoms with Crippen LogP contribution in [0.2, 0.25) is 0 Å². The van der Waals surface area contributed by atoms with Gasteiger partial charge in [-0.05, 0) is 6.42 Å². The van der Waals surface area contributed by atoms with Gasteiger partial charge in [0.2, 0.25) is 0 Å². The number of nitrogens with one attached hydrogen (secondary N) is 2. The highest BCUT2D eigenvalue weighted by Crippen LogP contribution is 1.82. The van der Waals surface area contributed by atoms with Crippen LogP contribution in [-0.4, -0.2) is 18.0 Å². The summed E-state index contributed by atoms with van der Waals surface area (Å²) >= 11 is 0. The van der Waals surface area contributed by atoms with E-state index in [4.69, 9.17) is 0 Å². The van der Waals surface area contributed by atoms with Crippen molar-refractivity contribution in [3.8, 4) is 0 Å². The third-order valence-corrected chi connectivity index (χ3v) is 0.838. The average Bonchev–Trinajstić information content (AvgIpc) is 2.19. The number of rotatable bonds is 2. The van der Waals surface area contributed by atoms with Crippen LogP contribution in [0.15, 0.2) is 5.10 Å². The first-order chi connectivity index (χ1) is 3.93. The lowest BCUT2D eigenvalue weighted by Crippen LogP contribution is -2.39. The van der Waals surface area contributed by atoms with Crippen molar-refractivity contribution in [3.05, 3.63) is 6.92 Å². The first kappa shape index (κ1) is 5.37. The molecular weight excluding hydrogens is 104 g/mol. The zero-order valence-corrected chi connectivity index (χ0v) is 4.59. The Bertz CT molecular complexity index is 82.0. The third-order valence-electron chi connectivity index (χ3n) is 0.838. The Hall–Kier alpha value is -0.770. The fraction of sp³-hybridized carbons (Fsp3) is 0.500. The standard InChI is InChI=1S/C4H9N4/c1-2-3-8-6-4-5-7-8/h4,7H,1-3H2,(H,5,6). The van der Waals surface area contributed by atoms with Crippen LogP contribution < -0.4 is 11.0 Å². The normalized spacial score (nSPS) is 18.1. The maximum absolute atomic E-state index is 3.70. The number of hydrogen-bond acceptors (Lipinski definition) is 4. The molecule has 0 saturated carbocycles. The SMILES string of the molecule is [CH2]CCN1NC=NN1. The van der Waals surface area contributed by atoms with Gasteiger partial charge in [0, 0.05) is 6.54 Å². The van der Waals surface area contributed by atoms with E-state index in [9.17, 15) is 0 Å². The van der Waals surface area contributed by atoms with E-state index < -0.39 is 0 Å². The molecule has 4 nitrogen and oxygen atoms in total. The van der Waals surface area contributed by atoms with E-state index in [1.165, 1.54) is 0 Å². The molecule has 0 amide bonds. The summed E-state index contributed by atoms with van der Waals surface area (Å²) < 4.78 is 0. The predicted octanol–water partition coefficient (Wildman–Crippen LogP) is -0.521. The number of hydrazone groups is 1. The van der Waals surface area contributed by atoms with Gasteiger partial charge in [0.05, 0.1) is 0 Å². The summed E-state index contributed by atoms with van der Waals surface area (Å²) in [6.45, 7) is 4.53. The molecule has 4 heteroatoms. The largest absolute Gasteiger partial charge is 0.289 e. The summed E-state index contributed by atoms with van der Waals surface area (Å²) in [6, 6.07) is 0. The van der Waals surface area contributed by atoms with Crippen molar-refractivity contribution in [2.75, 3.05) is 6.54 Å². The van der Waals surface area contributed by atoms with Crippen molar-refractivity contribution in [2.24, 2.45) is 5.10 Å². The molecule has 0 aromatic rings. The molecular formula is C4H9N4. The highest BCUT2D eigenvalue weighted by atomic mass is 15.8. The van der Waals surface area contributed by atoms with Gasteiger partial charge >= 0.3 is 0 Å². The second-order valence-electron chi connectivity index (χ2n) is 1.49. The van der Waals surface area contributed by atoms with Crippen molar-refractivity contribution in [1.82, 2.24) is 16.1 Å². The summed E-state index contributed by atoms with van der Waals surface area (Å²) in [7, 11) is 0. The quantitative estimate of drug-likeness (QED) is 0.506. The minimum Gasteiger partial charge on any atom is -0.289 e. The van der Waals surface area contributed by atoms with Gasteiger partial charge in [0.15, 0.2) is 0 Å². The Kier molecular flexibility index (Phi) is 1.69. The van der Waals surface area contributed by atoms with Crippen LogP contribution in [0.1, 0.15) is 6.42 Å². The van der Waals surface area contributed by atoms with Gasteiger partial charge in [-0.3, -0.25) is 5.43 Å². The average molecular weight is 113 g/mol. The fourth-order valence-corrected chi connectivity index (χ4v) is 0.499. The molecule has 2 N–H and O–H groups in total. The second kappa shape index (κ2) is 2.52. The van der Waals surface area contributed by atoms with Gasteiger partial charge in [-0.2, -0.15) is 5.10 Å². The molecule has 0 unspecified atom stereocenters. The molecule has 0 spiro atoms. The molecule has 0 aromatic carbocycles. The zero-order valence-electron chi connectivity index (χ0n) is 4.59. The third kappa shape index (κ3) is 1.10. The van der Waals surface area contributed by atoms with Gasteiger partial charge in [0.1, 0.15) is 6.34 Å². The van der Waals surface area contributed by atoms with E-state index in [1.807, 2.05) is 0 Å². The summed E-state index contributed by atoms with van der Waals surface area (Å²) in [4.78, 5) is 0. The maximum atomic E-state index is 3.70. The van der Waals surface area contributed by atoms with Crippen molar-refractivity contribution >= 4 is 6.34 Å². The van der Waals surface area contributed by atoms with Crippen LogP contribution in [-0.2, 0) is 0 Å². The lowest BCUT2D eigenvalue weighted by Gasteiger charge is -2.11. The van der Waals surface area contributed by atoms with Crippen LogP contribution in [0.3, 0.4) is 0 Å². The Morgan fingerprint density at radius 1 is 1.75 bits per heavy atom. The molecule has 0 aromatic heterocycles. The Morgan fingerprint density at radius 2 is 2.62 bits per heavy atom. The van der Waals surface area contributed by atoms with E-state index in [2.05, 4.69) is 23.0 Å². The van der Waals surface area contributed by atoms with E-state index >= 15 is 0 Å². The monoisotopic (exact) mass is 113 g/mol. The van der Waals surface area contributed by atoms with Crippen molar-refractivity contribution in [3.63, 3.8) is 0 Å². The lowest BCUT2D eigenvalue weighted by atomic mass is 10.5. The molecule has 45 valence electrons. The van der Waals surface area contributed by atoms with Crippen LogP contribution in [0.5, 0.6) is 0 Å². The van der Waals surface area contributed by atoms with Gasteiger partial charge < -0.3 is 0 Å². The Morgan fingerprint density at radius 3 is 3.12 bits per heavy atom. The van der Waals surface area contributed by atoms with Gasteiger partial charge in [-0.1, -0.05) is 6.92 Å². The minimum atomic E-state index is 0.861. The van der Waals surface area contributed by atoms with Crippen LogP contribution in [0, 0.1) is 6.92 Å². The molecule has 1 radical (unpaired) electrons. The molecule has 0 bridgehead atoms. The Balaban J connectivity index is 2.10. The van der Waals surface area contributed by atoms with Gasteiger partial charge in [0.25, 0.3) is 0 Å². The molecule has 1 aliphatic rings. The summed E-state index contributed by atoms with van der Waals surface area (Å²) in [6.07, 6.45) is 2.46. The van der Waals surface area contributed by atoms with Crippen LogP contribution >= 0.6 is 0 Å². The lowest BCUT2D eigenvalue weighted by molar-refractivity contribution is 0.184. The van der Waals surface area contributed by atoms with Crippen LogP contribution in [0.25, 0.3) is 0 Å². The van der Waals surface area contributed by atoms with Crippen LogP contribution in [0.4, 0.5) is 0 Å². The molecule has 1 rings (SSSR count). The van der Waals surface area contributed by atoms with Gasteiger partial charge in [-0.25, -0.2) is 5.53 Å². The van der Waals surface area contributed by atoms with Crippen molar-refractivity contribution < 1.29 is 0 Å². The predicted molar refractivity (Wildman–Crippen MR) is 31.4 cm³/mol. The molecule has 0 aliphatic carbocycles. The van der Waals surface area contributed by atoms with E-state index in [-0.39, 0.29) is 0 Å². The summed E-state index contributed by atoms with van der Waals surface area (Å²) in [5.74, 6) is 0. The smallest absolute Gasteiger partial charge is 0.126 e. The highest BCUT2D eigenvalue weighted by Gasteiger charge is 2.00. The fourth-order valence-electron chi connectivity index (χ4n) is 0.499. The molecule has 0 fully saturated rings.